The molecule has 1 saturated carbocycles. The van der Waals surface area contributed by atoms with Gasteiger partial charge in [-0.05, 0) is 90.4 Å². The first-order chi connectivity index (χ1) is 16.0. The van der Waals surface area contributed by atoms with Crippen molar-refractivity contribution in [2.45, 2.75) is 96.9 Å². The van der Waals surface area contributed by atoms with E-state index in [0.29, 0.717) is 23.3 Å². The maximum Gasteiger partial charge on any atom is 0.123 e. The maximum atomic E-state index is 15.3. The van der Waals surface area contributed by atoms with Crippen molar-refractivity contribution in [1.29, 1.82) is 0 Å². The molecule has 1 nitrogen and oxygen atoms in total. The van der Waals surface area contributed by atoms with Crippen LogP contribution in [0, 0.1) is 17.7 Å². The highest BCUT2D eigenvalue weighted by molar-refractivity contribution is 6.93. The Morgan fingerprint density at radius 1 is 1.09 bits per heavy atom. The second-order valence-electron chi connectivity index (χ2n) is 12.0. The number of rotatable bonds is 6. The lowest BCUT2D eigenvalue weighted by Gasteiger charge is -2.44. The minimum absolute atomic E-state index is 0.106. The molecule has 2 aliphatic carbocycles. The van der Waals surface area contributed by atoms with Crippen LogP contribution in [0.25, 0.3) is 6.08 Å². The second-order valence-corrected chi connectivity index (χ2v) is 16.9. The topological polar surface area (TPSA) is 9.23 Å². The summed E-state index contributed by atoms with van der Waals surface area (Å²) >= 11 is 0. The molecule has 4 atom stereocenters. The molecular weight excluding hydrogens is 435 g/mol. The quantitative estimate of drug-likeness (QED) is 0.377. The predicted octanol–water partition coefficient (Wildman–Crippen LogP) is 8.66. The largest absolute Gasteiger partial charge is 0.488 e. The minimum Gasteiger partial charge on any atom is -0.488 e. The molecular formula is C31H43FOSi. The predicted molar refractivity (Wildman–Crippen MR) is 146 cm³/mol. The van der Waals surface area contributed by atoms with Crippen LogP contribution in [0.1, 0.15) is 90.3 Å². The summed E-state index contributed by atoms with van der Waals surface area (Å²) < 4.78 is 22.0. The van der Waals surface area contributed by atoms with Gasteiger partial charge in [-0.1, -0.05) is 83.1 Å². The van der Waals surface area contributed by atoms with Gasteiger partial charge in [0.2, 0.25) is 0 Å². The van der Waals surface area contributed by atoms with Crippen LogP contribution in [-0.4, -0.2) is 13.7 Å². The van der Waals surface area contributed by atoms with Crippen LogP contribution in [0.3, 0.4) is 0 Å². The normalized spacial score (nSPS) is 24.3. The first kappa shape index (κ1) is 25.2. The molecule has 2 aromatic carbocycles. The number of hydrogen-bond acceptors (Lipinski definition) is 1. The number of hydrogen-bond donors (Lipinski definition) is 0. The minimum atomic E-state index is -2.15. The van der Waals surface area contributed by atoms with Gasteiger partial charge in [0, 0.05) is 0 Å². The van der Waals surface area contributed by atoms with E-state index in [0.717, 1.165) is 23.4 Å². The summed E-state index contributed by atoms with van der Waals surface area (Å²) in [4.78, 5) is 0. The van der Waals surface area contributed by atoms with Gasteiger partial charge in [-0.25, -0.2) is 4.39 Å². The standard InChI is InChI=1S/C31H43FOSi/c1-9-34(10-2,28-19-23(32)18-26(20(3)4)29(28)33-31(6,7)8)30-21(5)17-27-24-14-12-11-13-22(24)15-16-25(27)30/h11-16,18-21,25,27,30H,9-10,17H2,1-8H3. The molecule has 0 spiro atoms. The molecule has 0 saturated heterocycles. The Morgan fingerprint density at radius 2 is 1.76 bits per heavy atom. The Hall–Kier alpha value is -1.87. The summed E-state index contributed by atoms with van der Waals surface area (Å²) in [5.74, 6) is 2.77. The van der Waals surface area contributed by atoms with Gasteiger partial charge >= 0.3 is 0 Å². The first-order valence-electron chi connectivity index (χ1n) is 13.3. The lowest BCUT2D eigenvalue weighted by atomic mass is 9.81. The van der Waals surface area contributed by atoms with E-state index in [9.17, 15) is 0 Å². The average molecular weight is 479 g/mol. The van der Waals surface area contributed by atoms with Crippen molar-refractivity contribution in [1.82, 2.24) is 0 Å². The van der Waals surface area contributed by atoms with E-state index in [1.165, 1.54) is 22.7 Å². The van der Waals surface area contributed by atoms with Crippen molar-refractivity contribution in [2.75, 3.05) is 0 Å². The van der Waals surface area contributed by atoms with E-state index in [4.69, 9.17) is 4.74 Å². The van der Waals surface area contributed by atoms with Gasteiger partial charge < -0.3 is 4.74 Å². The summed E-state index contributed by atoms with van der Waals surface area (Å²) in [6.45, 7) is 17.8. The molecule has 184 valence electrons. The smallest absolute Gasteiger partial charge is 0.123 e. The van der Waals surface area contributed by atoms with Crippen molar-refractivity contribution in [3.63, 3.8) is 0 Å². The summed E-state index contributed by atoms with van der Waals surface area (Å²) in [5.41, 5.74) is 4.15. The lowest BCUT2D eigenvalue weighted by molar-refractivity contribution is 0.130. The molecule has 0 amide bonds. The van der Waals surface area contributed by atoms with Crippen molar-refractivity contribution in [2.24, 2.45) is 11.8 Å². The highest BCUT2D eigenvalue weighted by atomic mass is 28.3. The Labute approximate surface area is 207 Å². The first-order valence-corrected chi connectivity index (χ1v) is 15.8. The zero-order valence-corrected chi connectivity index (χ0v) is 23.4. The van der Waals surface area contributed by atoms with Crippen LogP contribution in [0.5, 0.6) is 5.75 Å². The summed E-state index contributed by atoms with van der Waals surface area (Å²) in [6, 6.07) is 14.7. The fraction of sp³-hybridized carbons (Fsp3) is 0.548. The van der Waals surface area contributed by atoms with Crippen LogP contribution >= 0.6 is 0 Å². The highest BCUT2D eigenvalue weighted by Crippen LogP contribution is 2.59. The van der Waals surface area contributed by atoms with Crippen molar-refractivity contribution in [3.05, 3.63) is 65.0 Å². The van der Waals surface area contributed by atoms with E-state index in [2.05, 4.69) is 91.8 Å². The Balaban J connectivity index is 1.92. The van der Waals surface area contributed by atoms with Crippen LogP contribution in [0.15, 0.2) is 42.5 Å². The number of ether oxygens (including phenoxy) is 1. The van der Waals surface area contributed by atoms with Crippen molar-refractivity contribution in [3.8, 4) is 5.75 Å². The summed E-state index contributed by atoms with van der Waals surface area (Å²) in [5, 5.41) is 1.22. The van der Waals surface area contributed by atoms with E-state index in [-0.39, 0.29) is 17.3 Å². The highest BCUT2D eigenvalue weighted by Gasteiger charge is 2.54. The average Bonchev–Trinajstić information content (AvgIpc) is 3.12. The molecule has 1 fully saturated rings. The Morgan fingerprint density at radius 3 is 2.38 bits per heavy atom. The lowest BCUT2D eigenvalue weighted by Crippen LogP contribution is -2.54. The third kappa shape index (κ3) is 4.30. The van der Waals surface area contributed by atoms with E-state index < -0.39 is 8.07 Å². The molecule has 4 rings (SSSR count). The van der Waals surface area contributed by atoms with Crippen LogP contribution in [-0.2, 0) is 0 Å². The molecule has 0 bridgehead atoms. The van der Waals surface area contributed by atoms with E-state index in [1.54, 1.807) is 6.07 Å². The number of fused-ring (bicyclic) bond motifs is 3. The van der Waals surface area contributed by atoms with Gasteiger partial charge in [-0.2, -0.15) is 0 Å². The number of allylic oxidation sites excluding steroid dienone is 1. The maximum absolute atomic E-state index is 15.3. The molecule has 3 heteroatoms. The number of benzene rings is 2. The Kier molecular flexibility index (Phi) is 6.90. The molecule has 2 aromatic rings. The third-order valence-corrected chi connectivity index (χ3v) is 14.8. The molecule has 4 unspecified atom stereocenters. The molecule has 0 N–H and O–H groups in total. The molecule has 0 aliphatic heterocycles. The molecule has 0 radical (unpaired) electrons. The third-order valence-electron chi connectivity index (χ3n) is 8.56. The van der Waals surface area contributed by atoms with E-state index >= 15 is 4.39 Å². The molecule has 0 aromatic heterocycles. The van der Waals surface area contributed by atoms with Gasteiger partial charge in [-0.3, -0.25) is 0 Å². The molecule has 0 heterocycles. The zero-order chi connectivity index (χ0) is 24.8. The zero-order valence-electron chi connectivity index (χ0n) is 22.4. The van der Waals surface area contributed by atoms with Gasteiger partial charge in [-0.15, -0.1) is 0 Å². The van der Waals surface area contributed by atoms with Gasteiger partial charge in [0.15, 0.2) is 0 Å². The molecule has 34 heavy (non-hydrogen) atoms. The van der Waals surface area contributed by atoms with Gasteiger partial charge in [0.1, 0.15) is 17.2 Å². The van der Waals surface area contributed by atoms with Gasteiger partial charge in [0.05, 0.1) is 8.07 Å². The van der Waals surface area contributed by atoms with Crippen molar-refractivity contribution >= 4 is 19.3 Å². The van der Waals surface area contributed by atoms with Crippen LogP contribution in [0.2, 0.25) is 17.6 Å². The second kappa shape index (κ2) is 9.30. The fourth-order valence-electron chi connectivity index (χ4n) is 7.17. The number of halogens is 1. The Bertz CT molecular complexity index is 1060. The van der Waals surface area contributed by atoms with Gasteiger partial charge in [0.25, 0.3) is 0 Å². The fourth-order valence-corrected chi connectivity index (χ4v) is 13.1. The monoisotopic (exact) mass is 478 g/mol. The summed E-state index contributed by atoms with van der Waals surface area (Å²) in [7, 11) is -2.15. The van der Waals surface area contributed by atoms with Crippen LogP contribution < -0.4 is 9.92 Å². The van der Waals surface area contributed by atoms with E-state index in [1.807, 2.05) is 6.07 Å². The SMILES string of the molecule is CC[Si](CC)(c1cc(F)cc(C(C)C)c1OC(C)(C)C)C1C(C)CC2c3ccccc3C=CC21. The van der Waals surface area contributed by atoms with Crippen molar-refractivity contribution < 1.29 is 9.13 Å². The van der Waals surface area contributed by atoms with Crippen LogP contribution in [0.4, 0.5) is 4.39 Å². The molecule has 2 aliphatic rings. The summed E-state index contributed by atoms with van der Waals surface area (Å²) in [6.07, 6.45) is 6.07.